The molecule has 16 heteroatoms. The summed E-state index contributed by atoms with van der Waals surface area (Å²) in [5.74, 6) is -3.57. The predicted molar refractivity (Wildman–Crippen MR) is 160 cm³/mol. The molecule has 5 rings (SSSR count). The Morgan fingerprint density at radius 2 is 1.80 bits per heavy atom. The predicted octanol–water partition coefficient (Wildman–Crippen LogP) is 6.95. The van der Waals surface area contributed by atoms with E-state index >= 15 is 0 Å². The summed E-state index contributed by atoms with van der Waals surface area (Å²) in [4.78, 5) is 34.8. The van der Waals surface area contributed by atoms with Gasteiger partial charge in [0, 0.05) is 17.8 Å². The van der Waals surface area contributed by atoms with Gasteiger partial charge in [-0.1, -0.05) is 37.2 Å². The SMILES string of the molecule is CCCc1ccc(C)cc1N1C(=O)CS/C1=N\C(=O)Nc1cc(F)c(OCc2ncn(-c3ccc(OC(F)(F)F)cc3)n2)c(F)c1. The monoisotopic (exact) mass is 660 g/mol. The molecule has 1 aromatic heterocycles. The van der Waals surface area contributed by atoms with Gasteiger partial charge in [0.25, 0.3) is 0 Å². The number of aliphatic imine (C=N–C) groups is 1. The van der Waals surface area contributed by atoms with Crippen molar-refractivity contribution in [2.24, 2.45) is 4.99 Å². The van der Waals surface area contributed by atoms with Crippen molar-refractivity contribution in [1.29, 1.82) is 0 Å². The first-order valence-electron chi connectivity index (χ1n) is 13.7. The number of hydrogen-bond acceptors (Lipinski definition) is 7. The number of nitrogens with zero attached hydrogens (tertiary/aromatic N) is 5. The molecule has 0 spiro atoms. The zero-order chi connectivity index (χ0) is 33.0. The number of aryl methyl sites for hydroxylation is 2. The number of amidine groups is 1. The molecular weight excluding hydrogens is 635 g/mol. The second-order valence-electron chi connectivity index (χ2n) is 9.93. The summed E-state index contributed by atoms with van der Waals surface area (Å²) in [7, 11) is 0. The Kier molecular flexibility index (Phi) is 9.55. The van der Waals surface area contributed by atoms with Crippen molar-refractivity contribution in [3.8, 4) is 17.2 Å². The van der Waals surface area contributed by atoms with Crippen molar-refractivity contribution < 1.29 is 41.0 Å². The highest BCUT2D eigenvalue weighted by molar-refractivity contribution is 8.15. The quantitative estimate of drug-likeness (QED) is 0.194. The minimum absolute atomic E-state index is 0.0199. The number of benzene rings is 3. The molecule has 3 aromatic carbocycles. The van der Waals surface area contributed by atoms with Crippen LogP contribution in [0.4, 0.5) is 38.1 Å². The largest absolute Gasteiger partial charge is 0.573 e. The number of anilines is 2. The number of amides is 3. The molecule has 46 heavy (non-hydrogen) atoms. The zero-order valence-electron chi connectivity index (χ0n) is 24.3. The summed E-state index contributed by atoms with van der Waals surface area (Å²) in [6.07, 6.45) is -2.03. The average Bonchev–Trinajstić information content (AvgIpc) is 3.59. The highest BCUT2D eigenvalue weighted by Crippen LogP contribution is 2.32. The molecule has 1 N–H and O–H groups in total. The van der Waals surface area contributed by atoms with Crippen LogP contribution in [-0.4, -0.2) is 44.0 Å². The standard InChI is InChI=1S/C30H25F5N6O4S/c1-3-4-18-6-5-17(2)11-24(18)41-26(42)15-46-29(41)38-28(43)37-19-12-22(31)27(23(32)13-19)44-14-25-36-16-40(39-25)20-7-9-21(10-8-20)45-30(33,34)35/h5-13,16H,3-4,14-15H2,1-2H3,(H,37,43)/b38-29-. The van der Waals surface area contributed by atoms with E-state index in [4.69, 9.17) is 4.74 Å². The summed E-state index contributed by atoms with van der Waals surface area (Å²) < 4.78 is 77.1. The van der Waals surface area contributed by atoms with Gasteiger partial charge >= 0.3 is 12.4 Å². The molecule has 3 amide bonds. The molecule has 10 nitrogen and oxygen atoms in total. The zero-order valence-corrected chi connectivity index (χ0v) is 25.1. The van der Waals surface area contributed by atoms with E-state index in [1.807, 2.05) is 32.0 Å². The number of aromatic nitrogens is 3. The van der Waals surface area contributed by atoms with Crippen LogP contribution >= 0.6 is 11.8 Å². The number of ether oxygens (including phenoxy) is 2. The first kappa shape index (κ1) is 32.4. The lowest BCUT2D eigenvalue weighted by Crippen LogP contribution is -2.31. The van der Waals surface area contributed by atoms with Gasteiger partial charge in [0.1, 0.15) is 18.7 Å². The van der Waals surface area contributed by atoms with Crippen LogP contribution in [-0.2, 0) is 17.8 Å². The van der Waals surface area contributed by atoms with E-state index in [1.165, 1.54) is 28.0 Å². The molecule has 4 aromatic rings. The molecule has 0 aliphatic carbocycles. The van der Waals surface area contributed by atoms with Crippen LogP contribution in [0, 0.1) is 18.6 Å². The molecule has 0 unspecified atom stereocenters. The Hall–Kier alpha value is -4.99. The second kappa shape index (κ2) is 13.6. The van der Waals surface area contributed by atoms with Gasteiger partial charge in [-0.15, -0.1) is 18.3 Å². The van der Waals surface area contributed by atoms with E-state index in [-0.39, 0.29) is 28.3 Å². The lowest BCUT2D eigenvalue weighted by molar-refractivity contribution is -0.274. The molecule has 0 saturated carbocycles. The van der Waals surface area contributed by atoms with E-state index in [0.29, 0.717) is 17.8 Å². The van der Waals surface area contributed by atoms with Crippen LogP contribution in [0.2, 0.25) is 0 Å². The van der Waals surface area contributed by atoms with Crippen molar-refractivity contribution in [3.05, 3.63) is 89.5 Å². The maximum absolute atomic E-state index is 14.8. The third-order valence-corrected chi connectivity index (χ3v) is 7.36. The van der Waals surface area contributed by atoms with Gasteiger partial charge in [-0.05, 0) is 54.8 Å². The van der Waals surface area contributed by atoms with Crippen molar-refractivity contribution in [1.82, 2.24) is 14.8 Å². The number of halogens is 5. The molecule has 1 fully saturated rings. The van der Waals surface area contributed by atoms with Crippen molar-refractivity contribution >= 4 is 40.2 Å². The molecule has 0 radical (unpaired) electrons. The Morgan fingerprint density at radius 3 is 2.48 bits per heavy atom. The molecule has 0 atom stereocenters. The van der Waals surface area contributed by atoms with Crippen molar-refractivity contribution in [3.63, 3.8) is 0 Å². The highest BCUT2D eigenvalue weighted by atomic mass is 32.2. The third kappa shape index (κ3) is 7.80. The topological polar surface area (TPSA) is 111 Å². The fourth-order valence-corrected chi connectivity index (χ4v) is 5.34. The van der Waals surface area contributed by atoms with E-state index in [1.54, 1.807) is 0 Å². The number of thioether (sulfide) groups is 1. The molecule has 1 saturated heterocycles. The van der Waals surface area contributed by atoms with Gasteiger partial charge in [0.15, 0.2) is 28.4 Å². The van der Waals surface area contributed by atoms with Crippen LogP contribution in [0.1, 0.15) is 30.3 Å². The van der Waals surface area contributed by atoms with E-state index < -0.39 is 42.1 Å². The Morgan fingerprint density at radius 1 is 1.09 bits per heavy atom. The average molecular weight is 661 g/mol. The number of carbonyl (C=O) groups excluding carboxylic acids is 2. The third-order valence-electron chi connectivity index (χ3n) is 6.43. The lowest BCUT2D eigenvalue weighted by atomic mass is 10.0. The van der Waals surface area contributed by atoms with Crippen LogP contribution < -0.4 is 19.7 Å². The minimum Gasteiger partial charge on any atom is -0.479 e. The Labute approximate surface area is 263 Å². The Balaban J connectivity index is 1.24. The first-order chi connectivity index (χ1) is 21.9. The van der Waals surface area contributed by atoms with E-state index in [0.717, 1.165) is 53.6 Å². The van der Waals surface area contributed by atoms with Gasteiger partial charge in [0.2, 0.25) is 5.91 Å². The summed E-state index contributed by atoms with van der Waals surface area (Å²) >= 11 is 1.08. The highest BCUT2D eigenvalue weighted by Gasteiger charge is 2.32. The molecule has 240 valence electrons. The van der Waals surface area contributed by atoms with Gasteiger partial charge in [0.05, 0.1) is 17.1 Å². The Bertz CT molecular complexity index is 1770. The number of alkyl halides is 3. The second-order valence-corrected chi connectivity index (χ2v) is 10.9. The van der Waals surface area contributed by atoms with Crippen molar-refractivity contribution in [2.75, 3.05) is 16.0 Å². The normalized spacial score (nSPS) is 14.2. The smallest absolute Gasteiger partial charge is 0.479 e. The molecular formula is C30H25F5N6O4S. The maximum atomic E-state index is 14.8. The molecule has 1 aliphatic rings. The fourth-order valence-electron chi connectivity index (χ4n) is 4.48. The fraction of sp³-hybridized carbons (Fsp3) is 0.233. The van der Waals surface area contributed by atoms with Gasteiger partial charge in [-0.3, -0.25) is 9.69 Å². The van der Waals surface area contributed by atoms with Crippen LogP contribution in [0.15, 0.2) is 65.9 Å². The van der Waals surface area contributed by atoms with Crippen molar-refractivity contribution in [2.45, 2.75) is 39.7 Å². The molecule has 0 bridgehead atoms. The first-order valence-corrected chi connectivity index (χ1v) is 14.7. The summed E-state index contributed by atoms with van der Waals surface area (Å²) in [6, 6.07) is 11.3. The van der Waals surface area contributed by atoms with E-state index in [2.05, 4.69) is 25.1 Å². The van der Waals surface area contributed by atoms with Gasteiger partial charge in [-0.25, -0.2) is 23.2 Å². The molecule has 1 aliphatic heterocycles. The van der Waals surface area contributed by atoms with Gasteiger partial charge < -0.3 is 14.8 Å². The molecule has 2 heterocycles. The minimum atomic E-state index is -4.83. The summed E-state index contributed by atoms with van der Waals surface area (Å²) in [5.41, 5.74) is 2.59. The number of urea groups is 1. The number of rotatable bonds is 9. The van der Waals surface area contributed by atoms with Crippen LogP contribution in [0.3, 0.4) is 0 Å². The van der Waals surface area contributed by atoms with Crippen LogP contribution in [0.25, 0.3) is 5.69 Å². The van der Waals surface area contributed by atoms with Crippen LogP contribution in [0.5, 0.6) is 11.5 Å². The maximum Gasteiger partial charge on any atom is 0.573 e. The van der Waals surface area contributed by atoms with E-state index in [9.17, 15) is 31.5 Å². The van der Waals surface area contributed by atoms with Gasteiger partial charge in [-0.2, -0.15) is 4.99 Å². The number of nitrogens with one attached hydrogen (secondary N) is 1. The summed E-state index contributed by atoms with van der Waals surface area (Å²) in [6.45, 7) is 3.45. The summed E-state index contributed by atoms with van der Waals surface area (Å²) in [5, 5.41) is 6.55. The number of carbonyl (C=O) groups is 2. The number of hydrogen-bond donors (Lipinski definition) is 1. The lowest BCUT2D eigenvalue weighted by Gasteiger charge is -2.20.